The highest BCUT2D eigenvalue weighted by Crippen LogP contribution is 2.35. The molecule has 1 aromatic carbocycles. The minimum Gasteiger partial charge on any atom is -0.335 e. The fourth-order valence-electron chi connectivity index (χ4n) is 2.00. The van der Waals surface area contributed by atoms with E-state index in [0.29, 0.717) is 5.41 Å². The molecular weight excluding hydrogens is 264 g/mol. The topological polar surface area (TPSA) is 24.4 Å². The SMILES string of the molecule is CCC1(CC)CN=C(Nc2cccc(Cl)c2)SC1. The Hall–Kier alpha value is -0.670. The fourth-order valence-corrected chi connectivity index (χ4v) is 3.47. The second kappa shape index (κ2) is 5.98. The predicted molar refractivity (Wildman–Crippen MR) is 82.8 cm³/mol. The Morgan fingerprint density at radius 3 is 2.72 bits per heavy atom. The van der Waals surface area contributed by atoms with Crippen LogP contribution >= 0.6 is 23.4 Å². The van der Waals surface area contributed by atoms with E-state index in [0.717, 1.165) is 28.2 Å². The quantitative estimate of drug-likeness (QED) is 0.872. The highest BCUT2D eigenvalue weighted by molar-refractivity contribution is 8.14. The van der Waals surface area contributed by atoms with Crippen LogP contribution in [0.1, 0.15) is 26.7 Å². The van der Waals surface area contributed by atoms with Crippen molar-refractivity contribution in [1.82, 2.24) is 0 Å². The van der Waals surface area contributed by atoms with Crippen molar-refractivity contribution in [2.24, 2.45) is 10.4 Å². The number of halogens is 1. The van der Waals surface area contributed by atoms with Crippen molar-refractivity contribution in [1.29, 1.82) is 0 Å². The Morgan fingerprint density at radius 1 is 1.39 bits per heavy atom. The van der Waals surface area contributed by atoms with Gasteiger partial charge in [-0.15, -0.1) is 0 Å². The normalized spacial score (nSPS) is 18.3. The molecule has 0 spiro atoms. The number of nitrogens with zero attached hydrogens (tertiary/aromatic N) is 1. The van der Waals surface area contributed by atoms with Gasteiger partial charge in [-0.1, -0.05) is 43.3 Å². The van der Waals surface area contributed by atoms with Gasteiger partial charge in [0.2, 0.25) is 0 Å². The number of hydrogen-bond donors (Lipinski definition) is 1. The van der Waals surface area contributed by atoms with Gasteiger partial charge in [0.1, 0.15) is 0 Å². The number of benzene rings is 1. The first-order valence-corrected chi connectivity index (χ1v) is 7.73. The van der Waals surface area contributed by atoms with Gasteiger partial charge < -0.3 is 5.32 Å². The van der Waals surface area contributed by atoms with Crippen LogP contribution < -0.4 is 5.32 Å². The lowest BCUT2D eigenvalue weighted by atomic mass is 9.84. The smallest absolute Gasteiger partial charge is 0.161 e. The maximum atomic E-state index is 5.97. The molecule has 0 fully saturated rings. The van der Waals surface area contributed by atoms with Gasteiger partial charge in [0.25, 0.3) is 0 Å². The summed E-state index contributed by atoms with van der Waals surface area (Å²) in [5.41, 5.74) is 1.40. The zero-order valence-corrected chi connectivity index (χ0v) is 12.4. The van der Waals surface area contributed by atoms with E-state index >= 15 is 0 Å². The van der Waals surface area contributed by atoms with E-state index in [1.54, 1.807) is 0 Å². The van der Waals surface area contributed by atoms with Crippen molar-refractivity contribution >= 4 is 34.2 Å². The summed E-state index contributed by atoms with van der Waals surface area (Å²) >= 11 is 7.78. The molecule has 0 aromatic heterocycles. The number of nitrogens with one attached hydrogen (secondary N) is 1. The molecule has 0 saturated carbocycles. The molecule has 0 bridgehead atoms. The summed E-state index contributed by atoms with van der Waals surface area (Å²) in [6.07, 6.45) is 2.40. The van der Waals surface area contributed by atoms with Crippen LogP contribution in [-0.4, -0.2) is 17.5 Å². The zero-order chi connectivity index (χ0) is 13.0. The largest absolute Gasteiger partial charge is 0.335 e. The van der Waals surface area contributed by atoms with Gasteiger partial charge in [-0.3, -0.25) is 4.99 Å². The Bertz CT molecular complexity index is 441. The van der Waals surface area contributed by atoms with Crippen molar-refractivity contribution in [2.45, 2.75) is 26.7 Å². The van der Waals surface area contributed by atoms with Gasteiger partial charge in [-0.25, -0.2) is 0 Å². The number of anilines is 1. The van der Waals surface area contributed by atoms with Gasteiger partial charge in [-0.05, 0) is 36.5 Å². The maximum Gasteiger partial charge on any atom is 0.161 e. The Kier molecular flexibility index (Phi) is 4.57. The van der Waals surface area contributed by atoms with Gasteiger partial charge in [0.05, 0.1) is 0 Å². The molecule has 1 N–H and O–H groups in total. The van der Waals surface area contributed by atoms with Crippen molar-refractivity contribution in [2.75, 3.05) is 17.6 Å². The van der Waals surface area contributed by atoms with Gasteiger partial charge >= 0.3 is 0 Å². The lowest BCUT2D eigenvalue weighted by Gasteiger charge is -2.33. The van der Waals surface area contributed by atoms with Crippen molar-refractivity contribution < 1.29 is 0 Å². The molecule has 0 radical (unpaired) electrons. The molecule has 4 heteroatoms. The van der Waals surface area contributed by atoms with E-state index in [-0.39, 0.29) is 0 Å². The summed E-state index contributed by atoms with van der Waals surface area (Å²) in [4.78, 5) is 4.68. The van der Waals surface area contributed by atoms with E-state index in [1.165, 1.54) is 12.8 Å². The molecule has 1 heterocycles. The van der Waals surface area contributed by atoms with Crippen molar-refractivity contribution in [3.05, 3.63) is 29.3 Å². The number of rotatable bonds is 3. The van der Waals surface area contributed by atoms with E-state index in [1.807, 2.05) is 36.0 Å². The maximum absolute atomic E-state index is 5.97. The average molecular weight is 283 g/mol. The molecule has 0 unspecified atom stereocenters. The summed E-state index contributed by atoms with van der Waals surface area (Å²) < 4.78 is 0. The second-order valence-corrected chi connectivity index (χ2v) is 6.15. The van der Waals surface area contributed by atoms with Crippen LogP contribution in [0.25, 0.3) is 0 Å². The lowest BCUT2D eigenvalue weighted by Crippen LogP contribution is -2.32. The third kappa shape index (κ3) is 3.21. The highest BCUT2D eigenvalue weighted by Gasteiger charge is 2.30. The first-order chi connectivity index (χ1) is 8.67. The highest BCUT2D eigenvalue weighted by atomic mass is 35.5. The Labute approximate surface area is 118 Å². The minimum atomic E-state index is 0.393. The fraction of sp³-hybridized carbons (Fsp3) is 0.500. The lowest BCUT2D eigenvalue weighted by molar-refractivity contribution is 0.318. The zero-order valence-electron chi connectivity index (χ0n) is 10.9. The van der Waals surface area contributed by atoms with Crippen LogP contribution in [-0.2, 0) is 0 Å². The van der Waals surface area contributed by atoms with Crippen LogP contribution in [0.2, 0.25) is 5.02 Å². The molecule has 1 aliphatic rings. The molecule has 98 valence electrons. The molecule has 1 aliphatic heterocycles. The Morgan fingerprint density at radius 2 is 2.17 bits per heavy atom. The second-order valence-electron chi connectivity index (χ2n) is 4.75. The van der Waals surface area contributed by atoms with Gasteiger partial charge in [0.15, 0.2) is 5.17 Å². The number of hydrogen-bond acceptors (Lipinski definition) is 3. The first kappa shape index (κ1) is 13.8. The van der Waals surface area contributed by atoms with Gasteiger partial charge in [-0.2, -0.15) is 0 Å². The van der Waals surface area contributed by atoms with Crippen molar-refractivity contribution in [3.8, 4) is 0 Å². The van der Waals surface area contributed by atoms with Crippen molar-refractivity contribution in [3.63, 3.8) is 0 Å². The number of amidine groups is 1. The monoisotopic (exact) mass is 282 g/mol. The van der Waals surface area contributed by atoms with Crippen LogP contribution in [0.3, 0.4) is 0 Å². The van der Waals surface area contributed by atoms with Gasteiger partial charge in [0, 0.05) is 23.0 Å². The molecule has 1 aromatic rings. The van der Waals surface area contributed by atoms with E-state index in [9.17, 15) is 0 Å². The van der Waals surface area contributed by atoms with E-state index < -0.39 is 0 Å². The summed E-state index contributed by atoms with van der Waals surface area (Å²) in [5.74, 6) is 1.15. The van der Waals surface area contributed by atoms with Crippen LogP contribution in [0.4, 0.5) is 5.69 Å². The summed E-state index contributed by atoms with van der Waals surface area (Å²) in [7, 11) is 0. The molecule has 0 amide bonds. The van der Waals surface area contributed by atoms with Crippen LogP contribution in [0, 0.1) is 5.41 Å². The first-order valence-electron chi connectivity index (χ1n) is 6.37. The Balaban J connectivity index is 2.02. The molecular formula is C14H19ClN2S. The summed E-state index contributed by atoms with van der Waals surface area (Å²) in [5, 5.41) is 5.09. The third-order valence-electron chi connectivity index (χ3n) is 3.65. The van der Waals surface area contributed by atoms with E-state index in [2.05, 4.69) is 24.2 Å². The van der Waals surface area contributed by atoms with E-state index in [4.69, 9.17) is 11.6 Å². The molecule has 0 saturated heterocycles. The molecule has 0 aliphatic carbocycles. The minimum absolute atomic E-state index is 0.393. The number of aliphatic imine (C=N–C) groups is 1. The average Bonchev–Trinajstić information content (AvgIpc) is 2.40. The summed E-state index contributed by atoms with van der Waals surface area (Å²) in [6, 6.07) is 7.76. The van der Waals surface area contributed by atoms with Crippen LogP contribution in [0.15, 0.2) is 29.3 Å². The van der Waals surface area contributed by atoms with Crippen LogP contribution in [0.5, 0.6) is 0 Å². The molecule has 2 nitrogen and oxygen atoms in total. The summed E-state index contributed by atoms with van der Waals surface area (Å²) in [6.45, 7) is 5.44. The molecule has 2 rings (SSSR count). The standard InChI is InChI=1S/C14H19ClN2S/c1-3-14(4-2)9-16-13(18-10-14)17-12-7-5-6-11(15)8-12/h5-8H,3-4,9-10H2,1-2H3,(H,16,17). The predicted octanol–water partition coefficient (Wildman–Crippen LogP) is 4.66. The molecule has 18 heavy (non-hydrogen) atoms. The molecule has 0 atom stereocenters. The third-order valence-corrected chi connectivity index (χ3v) is 5.15. The number of thioether (sulfide) groups is 1.